The second-order valence-electron chi connectivity index (χ2n) is 7.36. The molecule has 0 radical (unpaired) electrons. The lowest BCUT2D eigenvalue weighted by molar-refractivity contribution is 0.500. The van der Waals surface area contributed by atoms with Crippen LogP contribution in [0, 0.1) is 0 Å². The smallest absolute Gasteiger partial charge is 0.191 e. The molecule has 2 N–H and O–H groups in total. The minimum absolute atomic E-state index is 0. The molecule has 0 saturated heterocycles. The molecule has 0 aliphatic heterocycles. The highest BCUT2D eigenvalue weighted by Crippen LogP contribution is 2.20. The predicted molar refractivity (Wildman–Crippen MR) is 128 cm³/mol. The molecule has 0 saturated carbocycles. The molecule has 1 unspecified atom stereocenters. The van der Waals surface area contributed by atoms with Crippen molar-refractivity contribution in [3.05, 3.63) is 71.9 Å². The Kier molecular flexibility index (Phi) is 8.73. The lowest BCUT2D eigenvalue weighted by atomic mass is 9.88. The fourth-order valence-corrected chi connectivity index (χ4v) is 3.70. The van der Waals surface area contributed by atoms with Gasteiger partial charge in [0.15, 0.2) is 5.96 Å². The van der Waals surface area contributed by atoms with Gasteiger partial charge in [-0.25, -0.2) is 0 Å². The maximum atomic E-state index is 5.43. The van der Waals surface area contributed by atoms with Gasteiger partial charge in [-0.15, -0.1) is 29.1 Å². The van der Waals surface area contributed by atoms with Crippen molar-refractivity contribution in [2.24, 2.45) is 4.99 Å². The lowest BCUT2D eigenvalue weighted by Crippen LogP contribution is -2.46. The molecular formula is C22H29IN6O. The molecule has 2 aromatic heterocycles. The van der Waals surface area contributed by atoms with Crippen molar-refractivity contribution in [3.63, 3.8) is 0 Å². The van der Waals surface area contributed by atoms with Crippen molar-refractivity contribution in [1.29, 1.82) is 0 Å². The number of nitrogens with one attached hydrogen (secondary N) is 2. The van der Waals surface area contributed by atoms with Crippen LogP contribution in [0.2, 0.25) is 0 Å². The summed E-state index contributed by atoms with van der Waals surface area (Å²) in [6.45, 7) is 2.34. The van der Waals surface area contributed by atoms with Crippen LogP contribution >= 0.6 is 24.0 Å². The number of hydrogen-bond donors (Lipinski definition) is 2. The summed E-state index contributed by atoms with van der Waals surface area (Å²) in [7, 11) is 0. The van der Waals surface area contributed by atoms with Crippen LogP contribution in [0.3, 0.4) is 0 Å². The Morgan fingerprint density at radius 2 is 2.10 bits per heavy atom. The van der Waals surface area contributed by atoms with Crippen LogP contribution in [-0.4, -0.2) is 40.1 Å². The third kappa shape index (κ3) is 6.58. The van der Waals surface area contributed by atoms with Gasteiger partial charge in [0, 0.05) is 38.3 Å². The number of hydrogen-bond acceptors (Lipinski definition) is 4. The van der Waals surface area contributed by atoms with Crippen LogP contribution < -0.4 is 10.6 Å². The minimum Gasteiger partial charge on any atom is -0.469 e. The van der Waals surface area contributed by atoms with Gasteiger partial charge in [-0.2, -0.15) is 0 Å². The summed E-state index contributed by atoms with van der Waals surface area (Å²) in [5, 5.41) is 15.0. The third-order valence-corrected chi connectivity index (χ3v) is 5.22. The van der Waals surface area contributed by atoms with E-state index in [9.17, 15) is 0 Å². The minimum atomic E-state index is 0. The summed E-state index contributed by atoms with van der Waals surface area (Å²) in [5.74, 6) is 1.86. The molecule has 0 fully saturated rings. The SMILES string of the molecule is I.c1coc(CCNC(=NCCCn2ccnn2)NC2CCc3ccccc3C2)c1. The molecule has 4 rings (SSSR count). The first-order valence-electron chi connectivity index (χ1n) is 10.3. The average molecular weight is 520 g/mol. The van der Waals surface area contributed by atoms with Crippen molar-refractivity contribution >= 4 is 29.9 Å². The number of furan rings is 1. The highest BCUT2D eigenvalue weighted by atomic mass is 127. The monoisotopic (exact) mass is 520 g/mol. The Bertz CT molecular complexity index is 894. The second-order valence-corrected chi connectivity index (χ2v) is 7.36. The number of halogens is 1. The fourth-order valence-electron chi connectivity index (χ4n) is 3.70. The number of fused-ring (bicyclic) bond motifs is 1. The maximum absolute atomic E-state index is 5.43. The Balaban J connectivity index is 0.00000256. The quantitative estimate of drug-likeness (QED) is 0.207. The maximum Gasteiger partial charge on any atom is 0.191 e. The summed E-state index contributed by atoms with van der Waals surface area (Å²) in [5.41, 5.74) is 2.92. The number of benzene rings is 1. The van der Waals surface area contributed by atoms with Gasteiger partial charge < -0.3 is 15.1 Å². The van der Waals surface area contributed by atoms with Gasteiger partial charge in [-0.1, -0.05) is 29.5 Å². The van der Waals surface area contributed by atoms with E-state index < -0.39 is 0 Å². The van der Waals surface area contributed by atoms with E-state index in [2.05, 4.69) is 45.2 Å². The summed E-state index contributed by atoms with van der Waals surface area (Å²) in [6.07, 6.45) is 10.3. The Labute approximate surface area is 194 Å². The fraction of sp³-hybridized carbons (Fsp3) is 0.409. The van der Waals surface area contributed by atoms with E-state index in [1.165, 1.54) is 11.1 Å². The first-order chi connectivity index (χ1) is 14.4. The molecule has 30 heavy (non-hydrogen) atoms. The van der Waals surface area contributed by atoms with Gasteiger partial charge >= 0.3 is 0 Å². The molecule has 1 aliphatic carbocycles. The molecule has 0 spiro atoms. The molecule has 3 aromatic rings. The topological polar surface area (TPSA) is 80.3 Å². The van der Waals surface area contributed by atoms with E-state index in [4.69, 9.17) is 9.41 Å². The first kappa shape index (κ1) is 22.3. The zero-order chi connectivity index (χ0) is 19.7. The van der Waals surface area contributed by atoms with Gasteiger partial charge in [0.2, 0.25) is 0 Å². The molecule has 8 heteroatoms. The van der Waals surface area contributed by atoms with E-state index in [0.29, 0.717) is 6.04 Å². The number of aliphatic imine (C=N–C) groups is 1. The van der Waals surface area contributed by atoms with Crippen molar-refractivity contribution in [3.8, 4) is 0 Å². The Hall–Kier alpha value is -2.36. The van der Waals surface area contributed by atoms with E-state index in [-0.39, 0.29) is 24.0 Å². The van der Waals surface area contributed by atoms with Crippen LogP contribution in [0.1, 0.15) is 29.7 Å². The van der Waals surface area contributed by atoms with Gasteiger partial charge in [-0.3, -0.25) is 9.67 Å². The van der Waals surface area contributed by atoms with Gasteiger partial charge in [0.25, 0.3) is 0 Å². The normalized spacial score (nSPS) is 15.9. The number of aryl methyl sites for hydroxylation is 2. The molecule has 0 amide bonds. The largest absolute Gasteiger partial charge is 0.469 e. The molecule has 2 heterocycles. The second kappa shape index (κ2) is 11.7. The predicted octanol–water partition coefficient (Wildman–Crippen LogP) is 3.21. The molecule has 7 nitrogen and oxygen atoms in total. The van der Waals surface area contributed by atoms with Crippen LogP contribution in [0.15, 0.2) is 64.5 Å². The zero-order valence-electron chi connectivity index (χ0n) is 17.0. The highest BCUT2D eigenvalue weighted by Gasteiger charge is 2.19. The number of aromatic nitrogens is 3. The average Bonchev–Trinajstić information content (AvgIpc) is 3.45. The van der Waals surface area contributed by atoms with E-state index >= 15 is 0 Å². The van der Waals surface area contributed by atoms with Gasteiger partial charge in [-0.05, 0) is 48.9 Å². The van der Waals surface area contributed by atoms with Crippen molar-refractivity contribution < 1.29 is 4.42 Å². The molecule has 1 aliphatic rings. The molecule has 1 atom stereocenters. The standard InChI is InChI=1S/C22H28N6O.HI/c1-2-6-19-17-20(9-8-18(19)5-1)26-22(24-12-10-21-7-3-16-29-21)23-11-4-14-28-15-13-25-27-28;/h1-3,5-7,13,15-16,20H,4,8-12,14,17H2,(H2,23,24,26);1H. The van der Waals surface area contributed by atoms with Crippen molar-refractivity contribution in [1.82, 2.24) is 25.6 Å². The van der Waals surface area contributed by atoms with Crippen molar-refractivity contribution in [2.75, 3.05) is 13.1 Å². The summed E-state index contributed by atoms with van der Waals surface area (Å²) >= 11 is 0. The Morgan fingerprint density at radius 3 is 2.90 bits per heavy atom. The van der Waals surface area contributed by atoms with Crippen LogP contribution in [0.25, 0.3) is 0 Å². The van der Waals surface area contributed by atoms with E-state index in [0.717, 1.165) is 63.5 Å². The number of guanidine groups is 1. The molecule has 0 bridgehead atoms. The highest BCUT2D eigenvalue weighted by molar-refractivity contribution is 14.0. The Morgan fingerprint density at radius 1 is 1.20 bits per heavy atom. The van der Waals surface area contributed by atoms with Crippen LogP contribution in [0.4, 0.5) is 0 Å². The van der Waals surface area contributed by atoms with Crippen molar-refractivity contribution in [2.45, 2.75) is 44.7 Å². The van der Waals surface area contributed by atoms with Crippen LogP contribution in [-0.2, 0) is 25.8 Å². The third-order valence-electron chi connectivity index (χ3n) is 5.22. The van der Waals surface area contributed by atoms with E-state index in [1.807, 2.05) is 23.0 Å². The zero-order valence-corrected chi connectivity index (χ0v) is 19.4. The molecular weight excluding hydrogens is 491 g/mol. The summed E-state index contributed by atoms with van der Waals surface area (Å²) in [4.78, 5) is 4.79. The molecule has 1 aromatic carbocycles. The van der Waals surface area contributed by atoms with Crippen LogP contribution in [0.5, 0.6) is 0 Å². The first-order valence-corrected chi connectivity index (χ1v) is 10.3. The van der Waals surface area contributed by atoms with Gasteiger partial charge in [0.05, 0.1) is 12.5 Å². The summed E-state index contributed by atoms with van der Waals surface area (Å²) < 4.78 is 7.27. The van der Waals surface area contributed by atoms with Gasteiger partial charge in [0.1, 0.15) is 5.76 Å². The van der Waals surface area contributed by atoms with E-state index in [1.54, 1.807) is 12.5 Å². The number of rotatable bonds is 8. The molecule has 160 valence electrons. The lowest BCUT2D eigenvalue weighted by Gasteiger charge is -2.27. The summed E-state index contributed by atoms with van der Waals surface area (Å²) in [6, 6.07) is 13.1. The number of nitrogens with zero attached hydrogens (tertiary/aromatic N) is 4.